The molecule has 0 amide bonds. The minimum atomic E-state index is -1.04. The van der Waals surface area contributed by atoms with Crippen molar-refractivity contribution < 1.29 is 18.7 Å². The number of carbonyl (C=O) groups excluding carboxylic acids is 2. The van der Waals surface area contributed by atoms with Crippen LogP contribution in [0.25, 0.3) is 0 Å². The minimum Gasteiger partial charge on any atom is -0.467 e. The average Bonchev–Trinajstić information content (AvgIpc) is 2.65. The standard InChI is InChI=1S/C8H7NO4/c1-12-8(11)7(9-5-10)6-3-2-4-13-6/h2-4,7H,1H3. The molecule has 0 fully saturated rings. The van der Waals surface area contributed by atoms with E-state index < -0.39 is 12.0 Å². The topological polar surface area (TPSA) is 68.9 Å². The molecule has 0 aromatic carbocycles. The highest BCUT2D eigenvalue weighted by Crippen LogP contribution is 2.18. The van der Waals surface area contributed by atoms with E-state index in [0.717, 1.165) is 0 Å². The fourth-order valence-corrected chi connectivity index (χ4v) is 0.844. The molecule has 1 atom stereocenters. The van der Waals surface area contributed by atoms with E-state index in [1.165, 1.54) is 25.5 Å². The Hall–Kier alpha value is -1.87. The molecule has 5 heteroatoms. The van der Waals surface area contributed by atoms with E-state index in [1.807, 2.05) is 0 Å². The zero-order chi connectivity index (χ0) is 9.68. The van der Waals surface area contributed by atoms with Crippen LogP contribution in [0.1, 0.15) is 11.8 Å². The Morgan fingerprint density at radius 2 is 2.54 bits per heavy atom. The number of rotatable bonds is 3. The number of ether oxygens (including phenoxy) is 1. The molecule has 0 saturated heterocycles. The Balaban J connectivity index is 2.93. The molecule has 68 valence electrons. The van der Waals surface area contributed by atoms with Crippen molar-refractivity contribution in [1.82, 2.24) is 0 Å². The summed E-state index contributed by atoms with van der Waals surface area (Å²) in [7, 11) is 1.21. The van der Waals surface area contributed by atoms with Crippen molar-refractivity contribution in [2.45, 2.75) is 6.04 Å². The number of carbonyl (C=O) groups is 1. The Morgan fingerprint density at radius 3 is 3.00 bits per heavy atom. The Kier molecular flexibility index (Phi) is 3.00. The van der Waals surface area contributed by atoms with Gasteiger partial charge in [0.15, 0.2) is 0 Å². The molecule has 0 aliphatic rings. The van der Waals surface area contributed by atoms with Crippen molar-refractivity contribution in [3.63, 3.8) is 0 Å². The lowest BCUT2D eigenvalue weighted by atomic mass is 10.2. The average molecular weight is 181 g/mol. The number of furan rings is 1. The largest absolute Gasteiger partial charge is 0.467 e. The van der Waals surface area contributed by atoms with Gasteiger partial charge in [0.05, 0.1) is 13.4 Å². The summed E-state index contributed by atoms with van der Waals surface area (Å²) in [4.78, 5) is 24.3. The number of nitrogens with zero attached hydrogens (tertiary/aromatic N) is 1. The fraction of sp³-hybridized carbons (Fsp3) is 0.250. The molecule has 1 aromatic rings. The molecule has 0 aliphatic heterocycles. The third kappa shape index (κ3) is 2.04. The van der Waals surface area contributed by atoms with Crippen LogP contribution in [0.2, 0.25) is 0 Å². The molecule has 0 bridgehead atoms. The van der Waals surface area contributed by atoms with Crippen molar-refractivity contribution >= 4 is 12.0 Å². The predicted octanol–water partition coefficient (Wildman–Crippen LogP) is 0.829. The van der Waals surface area contributed by atoms with Crippen LogP contribution in [0.4, 0.5) is 0 Å². The predicted molar refractivity (Wildman–Crippen MR) is 41.6 cm³/mol. The fourth-order valence-electron chi connectivity index (χ4n) is 0.844. The summed E-state index contributed by atoms with van der Waals surface area (Å²) in [5, 5.41) is 0. The van der Waals surface area contributed by atoms with E-state index in [9.17, 15) is 9.59 Å². The second-order valence-electron chi connectivity index (χ2n) is 2.16. The quantitative estimate of drug-likeness (QED) is 0.393. The van der Waals surface area contributed by atoms with Crippen molar-refractivity contribution in [3.05, 3.63) is 24.2 Å². The van der Waals surface area contributed by atoms with Crippen molar-refractivity contribution in [2.75, 3.05) is 7.11 Å². The van der Waals surface area contributed by atoms with E-state index in [4.69, 9.17) is 4.42 Å². The second-order valence-corrected chi connectivity index (χ2v) is 2.16. The third-order valence-electron chi connectivity index (χ3n) is 1.42. The van der Waals surface area contributed by atoms with Crippen LogP contribution in [0, 0.1) is 0 Å². The van der Waals surface area contributed by atoms with Crippen LogP contribution in [0.15, 0.2) is 27.8 Å². The van der Waals surface area contributed by atoms with Gasteiger partial charge in [-0.25, -0.2) is 9.59 Å². The van der Waals surface area contributed by atoms with Crippen LogP contribution < -0.4 is 0 Å². The van der Waals surface area contributed by atoms with Crippen molar-refractivity contribution in [3.8, 4) is 0 Å². The van der Waals surface area contributed by atoms with Crippen molar-refractivity contribution in [2.24, 2.45) is 4.99 Å². The van der Waals surface area contributed by atoms with Crippen LogP contribution in [0.5, 0.6) is 0 Å². The van der Waals surface area contributed by atoms with E-state index in [0.29, 0.717) is 0 Å². The molecule has 1 aromatic heterocycles. The van der Waals surface area contributed by atoms with Crippen LogP contribution >= 0.6 is 0 Å². The summed E-state index contributed by atoms with van der Waals surface area (Å²) in [6.45, 7) is 0. The second kappa shape index (κ2) is 4.23. The third-order valence-corrected chi connectivity index (χ3v) is 1.42. The highest BCUT2D eigenvalue weighted by Gasteiger charge is 2.22. The maximum absolute atomic E-state index is 11.0. The highest BCUT2D eigenvalue weighted by atomic mass is 16.5. The summed E-state index contributed by atoms with van der Waals surface area (Å²) in [6, 6.07) is 2.08. The van der Waals surface area contributed by atoms with Gasteiger partial charge in [-0.05, 0) is 12.1 Å². The SMILES string of the molecule is COC(=O)C(N=C=O)c1ccco1. The van der Waals surface area contributed by atoms with E-state index >= 15 is 0 Å². The van der Waals surface area contributed by atoms with Gasteiger partial charge in [0, 0.05) is 0 Å². The van der Waals surface area contributed by atoms with Crippen LogP contribution in [-0.2, 0) is 14.3 Å². The highest BCUT2D eigenvalue weighted by molar-refractivity contribution is 5.77. The van der Waals surface area contributed by atoms with Gasteiger partial charge >= 0.3 is 5.97 Å². The molecule has 13 heavy (non-hydrogen) atoms. The molecular weight excluding hydrogens is 174 g/mol. The molecule has 0 radical (unpaired) electrons. The van der Waals surface area contributed by atoms with Crippen LogP contribution in [-0.4, -0.2) is 19.2 Å². The lowest BCUT2D eigenvalue weighted by Gasteiger charge is -2.03. The van der Waals surface area contributed by atoms with Gasteiger partial charge in [0.25, 0.3) is 0 Å². The van der Waals surface area contributed by atoms with Gasteiger partial charge in [-0.2, -0.15) is 4.99 Å². The smallest absolute Gasteiger partial charge is 0.339 e. The van der Waals surface area contributed by atoms with Gasteiger partial charge < -0.3 is 9.15 Å². The zero-order valence-corrected chi connectivity index (χ0v) is 6.89. The molecule has 0 saturated carbocycles. The summed E-state index contributed by atoms with van der Waals surface area (Å²) >= 11 is 0. The number of esters is 1. The van der Waals surface area contributed by atoms with Gasteiger partial charge in [0.2, 0.25) is 12.1 Å². The first-order chi connectivity index (χ1) is 6.29. The first kappa shape index (κ1) is 9.22. The first-order valence-corrected chi connectivity index (χ1v) is 3.47. The summed E-state index contributed by atoms with van der Waals surface area (Å²) < 4.78 is 9.31. The molecule has 1 unspecified atom stereocenters. The molecule has 5 nitrogen and oxygen atoms in total. The van der Waals surface area contributed by atoms with Gasteiger partial charge in [-0.3, -0.25) is 0 Å². The number of hydrogen-bond acceptors (Lipinski definition) is 5. The molecular formula is C8H7NO4. The van der Waals surface area contributed by atoms with Gasteiger partial charge in [-0.15, -0.1) is 0 Å². The molecule has 0 spiro atoms. The van der Waals surface area contributed by atoms with Crippen molar-refractivity contribution in [1.29, 1.82) is 0 Å². The summed E-state index contributed by atoms with van der Waals surface area (Å²) in [5.74, 6) is -0.395. The normalized spacial score (nSPS) is 11.5. The lowest BCUT2D eigenvalue weighted by Crippen LogP contribution is -2.11. The summed E-state index contributed by atoms with van der Waals surface area (Å²) in [6.07, 6.45) is 2.67. The number of aliphatic imine (C=N–C) groups is 1. The van der Waals surface area contributed by atoms with Crippen LogP contribution in [0.3, 0.4) is 0 Å². The maximum atomic E-state index is 11.0. The Bertz CT molecular complexity index is 324. The Labute approximate surface area is 74.0 Å². The van der Waals surface area contributed by atoms with E-state index in [-0.39, 0.29) is 5.76 Å². The Morgan fingerprint density at radius 1 is 1.77 bits per heavy atom. The minimum absolute atomic E-state index is 0.259. The first-order valence-electron chi connectivity index (χ1n) is 3.47. The molecule has 0 N–H and O–H groups in total. The zero-order valence-electron chi connectivity index (χ0n) is 6.89. The molecule has 1 rings (SSSR count). The summed E-state index contributed by atoms with van der Waals surface area (Å²) in [5.41, 5.74) is 0. The lowest BCUT2D eigenvalue weighted by molar-refractivity contribution is -0.142. The number of hydrogen-bond donors (Lipinski definition) is 0. The number of methoxy groups -OCH3 is 1. The van der Waals surface area contributed by atoms with E-state index in [1.54, 1.807) is 6.07 Å². The molecule has 0 aliphatic carbocycles. The number of isocyanates is 1. The van der Waals surface area contributed by atoms with Gasteiger partial charge in [0.1, 0.15) is 5.76 Å². The maximum Gasteiger partial charge on any atom is 0.339 e. The van der Waals surface area contributed by atoms with Gasteiger partial charge in [-0.1, -0.05) is 0 Å². The monoisotopic (exact) mass is 181 g/mol. The molecule has 1 heterocycles. The van der Waals surface area contributed by atoms with E-state index in [2.05, 4.69) is 9.73 Å².